The number of aryl methyl sites for hydroxylation is 2. The number of likely N-dealkylation sites (tertiary alicyclic amines) is 1. The number of carbonyl (C=O) groups excluding carboxylic acids is 2. The van der Waals surface area contributed by atoms with Gasteiger partial charge in [0.2, 0.25) is 15.9 Å². The second-order valence-corrected chi connectivity index (χ2v) is 9.74. The SMILES string of the molecule is Cc1ccc(C)c(S(=O)(=O)NCCC(=O)N2CCC[C@@H](CC(=O)OC(C)C)C2)c1. The van der Waals surface area contributed by atoms with E-state index in [9.17, 15) is 18.0 Å². The predicted molar refractivity (Wildman–Crippen MR) is 111 cm³/mol. The van der Waals surface area contributed by atoms with E-state index >= 15 is 0 Å². The molecular formula is C21H32N2O5S. The van der Waals surface area contributed by atoms with Crippen LogP contribution < -0.4 is 4.72 Å². The van der Waals surface area contributed by atoms with E-state index in [0.29, 0.717) is 25.1 Å². The standard InChI is InChI=1S/C21H32N2O5S/c1-15(2)28-21(25)13-18-6-5-11-23(14-18)20(24)9-10-22-29(26,27)19-12-16(3)7-8-17(19)4/h7-8,12,15,18,22H,5-6,9-11,13-14H2,1-4H3/t18-/m0/s1. The van der Waals surface area contributed by atoms with Crippen LogP contribution in [0.25, 0.3) is 0 Å². The first kappa shape index (κ1) is 23.3. The Morgan fingerprint density at radius 2 is 2.00 bits per heavy atom. The zero-order chi connectivity index (χ0) is 21.6. The fraction of sp³-hybridized carbons (Fsp3) is 0.619. The summed E-state index contributed by atoms with van der Waals surface area (Å²) in [6, 6.07) is 5.26. The van der Waals surface area contributed by atoms with Gasteiger partial charge in [0, 0.05) is 26.1 Å². The van der Waals surface area contributed by atoms with Gasteiger partial charge < -0.3 is 9.64 Å². The summed E-state index contributed by atoms with van der Waals surface area (Å²) < 4.78 is 32.8. The largest absolute Gasteiger partial charge is 0.463 e. The van der Waals surface area contributed by atoms with Crippen LogP contribution >= 0.6 is 0 Å². The summed E-state index contributed by atoms with van der Waals surface area (Å²) in [5.41, 5.74) is 1.53. The molecule has 1 fully saturated rings. The van der Waals surface area contributed by atoms with E-state index in [1.807, 2.05) is 26.8 Å². The minimum absolute atomic E-state index is 0.0467. The summed E-state index contributed by atoms with van der Waals surface area (Å²) in [7, 11) is -3.66. The predicted octanol–water partition coefficient (Wildman–Crippen LogP) is 2.55. The zero-order valence-corrected chi connectivity index (χ0v) is 18.5. The van der Waals surface area contributed by atoms with Crippen LogP contribution in [-0.4, -0.2) is 50.9 Å². The van der Waals surface area contributed by atoms with Gasteiger partial charge in [-0.05, 0) is 63.6 Å². The molecule has 29 heavy (non-hydrogen) atoms. The van der Waals surface area contributed by atoms with Crippen molar-refractivity contribution in [2.24, 2.45) is 5.92 Å². The van der Waals surface area contributed by atoms with Crippen molar-refractivity contribution in [1.29, 1.82) is 0 Å². The molecule has 0 radical (unpaired) electrons. The van der Waals surface area contributed by atoms with E-state index in [1.165, 1.54) is 0 Å². The lowest BCUT2D eigenvalue weighted by Crippen LogP contribution is -2.42. The lowest BCUT2D eigenvalue weighted by Gasteiger charge is -2.32. The van der Waals surface area contributed by atoms with Crippen LogP contribution in [0.2, 0.25) is 0 Å². The molecule has 162 valence electrons. The molecule has 0 unspecified atom stereocenters. The Morgan fingerprint density at radius 3 is 2.69 bits per heavy atom. The Balaban J connectivity index is 1.85. The Labute approximate surface area is 173 Å². The first-order valence-electron chi connectivity index (χ1n) is 10.1. The monoisotopic (exact) mass is 424 g/mol. The van der Waals surface area contributed by atoms with Crippen molar-refractivity contribution < 1.29 is 22.7 Å². The minimum atomic E-state index is -3.66. The van der Waals surface area contributed by atoms with Crippen molar-refractivity contribution >= 4 is 21.9 Å². The third-order valence-electron chi connectivity index (χ3n) is 4.96. The van der Waals surface area contributed by atoms with Crippen LogP contribution in [0.4, 0.5) is 0 Å². The molecule has 7 nitrogen and oxygen atoms in total. The minimum Gasteiger partial charge on any atom is -0.463 e. The molecule has 0 spiro atoms. The van der Waals surface area contributed by atoms with Gasteiger partial charge in [-0.2, -0.15) is 0 Å². The number of carbonyl (C=O) groups is 2. The average Bonchev–Trinajstić information content (AvgIpc) is 2.62. The number of rotatable bonds is 8. The van der Waals surface area contributed by atoms with Gasteiger partial charge in [0.25, 0.3) is 0 Å². The Hall–Kier alpha value is -1.93. The van der Waals surface area contributed by atoms with Crippen LogP contribution in [0.5, 0.6) is 0 Å². The summed E-state index contributed by atoms with van der Waals surface area (Å²) >= 11 is 0. The number of hydrogen-bond acceptors (Lipinski definition) is 5. The fourth-order valence-corrected chi connectivity index (χ4v) is 4.89. The number of amides is 1. The van der Waals surface area contributed by atoms with Crippen molar-refractivity contribution in [3.05, 3.63) is 29.3 Å². The average molecular weight is 425 g/mol. The highest BCUT2D eigenvalue weighted by molar-refractivity contribution is 7.89. The third-order valence-corrected chi connectivity index (χ3v) is 6.56. The molecule has 1 heterocycles. The molecule has 0 saturated carbocycles. The molecule has 1 aromatic carbocycles. The Kier molecular flexibility index (Phi) is 8.22. The summed E-state index contributed by atoms with van der Waals surface area (Å²) in [5, 5.41) is 0. The second kappa shape index (κ2) is 10.2. The van der Waals surface area contributed by atoms with Crippen LogP contribution in [0.3, 0.4) is 0 Å². The first-order valence-corrected chi connectivity index (χ1v) is 11.6. The maximum atomic E-state index is 12.5. The molecule has 8 heteroatoms. The number of sulfonamides is 1. The number of esters is 1. The van der Waals surface area contributed by atoms with Crippen molar-refractivity contribution in [2.45, 2.75) is 64.4 Å². The highest BCUT2D eigenvalue weighted by Gasteiger charge is 2.26. The molecule has 1 atom stereocenters. The molecule has 1 amide bonds. The van der Waals surface area contributed by atoms with E-state index < -0.39 is 10.0 Å². The van der Waals surface area contributed by atoms with E-state index in [1.54, 1.807) is 24.0 Å². The van der Waals surface area contributed by atoms with Crippen LogP contribution in [0.15, 0.2) is 23.1 Å². The van der Waals surface area contributed by atoms with E-state index in [-0.39, 0.29) is 41.8 Å². The molecule has 1 saturated heterocycles. The quantitative estimate of drug-likeness (QED) is 0.648. The van der Waals surface area contributed by atoms with E-state index in [4.69, 9.17) is 4.74 Å². The van der Waals surface area contributed by atoms with Gasteiger partial charge in [0.1, 0.15) is 0 Å². The number of benzene rings is 1. The molecule has 1 aliphatic rings. The normalized spacial score (nSPS) is 17.4. The first-order chi connectivity index (χ1) is 13.6. The van der Waals surface area contributed by atoms with Crippen molar-refractivity contribution in [3.8, 4) is 0 Å². The molecule has 0 aromatic heterocycles. The molecule has 0 aliphatic carbocycles. The second-order valence-electron chi connectivity index (χ2n) is 8.01. The van der Waals surface area contributed by atoms with E-state index in [2.05, 4.69) is 4.72 Å². The van der Waals surface area contributed by atoms with Gasteiger partial charge in [0.05, 0.1) is 17.4 Å². The van der Waals surface area contributed by atoms with Gasteiger partial charge >= 0.3 is 5.97 Å². The topological polar surface area (TPSA) is 92.8 Å². The summed E-state index contributed by atoms with van der Waals surface area (Å²) in [4.78, 5) is 26.4. The molecule has 2 rings (SSSR count). The molecule has 1 aromatic rings. The van der Waals surface area contributed by atoms with Crippen molar-refractivity contribution in [2.75, 3.05) is 19.6 Å². The number of nitrogens with zero attached hydrogens (tertiary/aromatic N) is 1. The number of nitrogens with one attached hydrogen (secondary N) is 1. The highest BCUT2D eigenvalue weighted by atomic mass is 32.2. The molecular weight excluding hydrogens is 392 g/mol. The zero-order valence-electron chi connectivity index (χ0n) is 17.7. The van der Waals surface area contributed by atoms with Crippen LogP contribution in [0, 0.1) is 19.8 Å². The molecule has 1 N–H and O–H groups in total. The highest BCUT2D eigenvalue weighted by Crippen LogP contribution is 2.21. The van der Waals surface area contributed by atoms with Crippen molar-refractivity contribution in [1.82, 2.24) is 9.62 Å². The Morgan fingerprint density at radius 1 is 1.28 bits per heavy atom. The smallest absolute Gasteiger partial charge is 0.306 e. The molecule has 1 aliphatic heterocycles. The fourth-order valence-electron chi connectivity index (χ4n) is 3.53. The Bertz CT molecular complexity index is 835. The van der Waals surface area contributed by atoms with Crippen LogP contribution in [0.1, 0.15) is 50.7 Å². The van der Waals surface area contributed by atoms with Gasteiger partial charge in [-0.1, -0.05) is 12.1 Å². The maximum absolute atomic E-state index is 12.5. The summed E-state index contributed by atoms with van der Waals surface area (Å²) in [6.45, 7) is 8.41. The third kappa shape index (κ3) is 7.12. The number of ether oxygens (including phenoxy) is 1. The lowest BCUT2D eigenvalue weighted by atomic mass is 9.94. The van der Waals surface area contributed by atoms with Gasteiger partial charge in [-0.3, -0.25) is 9.59 Å². The van der Waals surface area contributed by atoms with Crippen molar-refractivity contribution in [3.63, 3.8) is 0 Å². The van der Waals surface area contributed by atoms with E-state index in [0.717, 1.165) is 18.4 Å². The number of hydrogen-bond donors (Lipinski definition) is 1. The summed E-state index contributed by atoms with van der Waals surface area (Å²) in [6.07, 6.45) is 1.97. The summed E-state index contributed by atoms with van der Waals surface area (Å²) in [5.74, 6) is -0.248. The molecule has 0 bridgehead atoms. The number of piperidine rings is 1. The lowest BCUT2D eigenvalue weighted by molar-refractivity contribution is -0.149. The van der Waals surface area contributed by atoms with Gasteiger partial charge in [-0.25, -0.2) is 13.1 Å². The van der Waals surface area contributed by atoms with Crippen LogP contribution in [-0.2, 0) is 24.3 Å². The van der Waals surface area contributed by atoms with Gasteiger partial charge in [-0.15, -0.1) is 0 Å². The maximum Gasteiger partial charge on any atom is 0.306 e. The van der Waals surface area contributed by atoms with Gasteiger partial charge in [0.15, 0.2) is 0 Å².